The van der Waals surface area contributed by atoms with Crippen molar-refractivity contribution in [3.05, 3.63) is 65.8 Å². The third-order valence-corrected chi connectivity index (χ3v) is 5.20. The van der Waals surface area contributed by atoms with Crippen LogP contribution < -0.4 is 0 Å². The van der Waals surface area contributed by atoms with Crippen molar-refractivity contribution in [2.24, 2.45) is 0 Å². The summed E-state index contributed by atoms with van der Waals surface area (Å²) in [7, 11) is 3.91. The molecule has 4 rings (SSSR count). The van der Waals surface area contributed by atoms with Gasteiger partial charge < -0.3 is 24.3 Å². The third-order valence-electron chi connectivity index (χ3n) is 5.20. The molecule has 0 unspecified atom stereocenters. The van der Waals surface area contributed by atoms with Crippen LogP contribution in [0.5, 0.6) is 0 Å². The molecule has 3 heterocycles. The minimum Gasteiger partial charge on any atom is -0.507 e. The fraction of sp³-hybridized carbons (Fsp3) is 0.273. The number of fused-ring (bicyclic) bond motifs is 1. The van der Waals surface area contributed by atoms with Crippen LogP contribution in [0.4, 0.5) is 0 Å². The van der Waals surface area contributed by atoms with Crippen molar-refractivity contribution in [3.8, 4) is 0 Å². The molecule has 1 aliphatic rings. The van der Waals surface area contributed by atoms with Crippen molar-refractivity contribution in [3.63, 3.8) is 0 Å². The fourth-order valence-corrected chi connectivity index (χ4v) is 3.82. The predicted molar refractivity (Wildman–Crippen MR) is 109 cm³/mol. The van der Waals surface area contributed by atoms with Crippen LogP contribution in [0.25, 0.3) is 16.7 Å². The number of Topliss-reactive ketones (excluding diaryl/α,β-unsaturated/α-hetero) is 1. The molecule has 2 aromatic heterocycles. The first-order valence-electron chi connectivity index (χ1n) is 9.52. The number of aliphatic hydroxyl groups is 1. The maximum atomic E-state index is 12.9. The molecule has 7 nitrogen and oxygen atoms in total. The third kappa shape index (κ3) is 3.34. The Morgan fingerprint density at radius 3 is 2.72 bits per heavy atom. The van der Waals surface area contributed by atoms with E-state index in [2.05, 4.69) is 4.98 Å². The Balaban J connectivity index is 1.81. The highest BCUT2D eigenvalue weighted by atomic mass is 16.3. The topological polar surface area (TPSA) is 89.8 Å². The molecule has 0 saturated carbocycles. The van der Waals surface area contributed by atoms with Crippen LogP contribution in [0.3, 0.4) is 0 Å². The van der Waals surface area contributed by atoms with Gasteiger partial charge in [-0.1, -0.05) is 18.2 Å². The number of aromatic nitrogens is 1. The number of hydrogen-bond donors (Lipinski definition) is 2. The van der Waals surface area contributed by atoms with Crippen molar-refractivity contribution < 1.29 is 19.1 Å². The number of carbonyl (C=O) groups is 2. The zero-order valence-corrected chi connectivity index (χ0v) is 16.4. The summed E-state index contributed by atoms with van der Waals surface area (Å²) in [5.74, 6) is -1.06. The summed E-state index contributed by atoms with van der Waals surface area (Å²) < 4.78 is 5.55. The van der Waals surface area contributed by atoms with Gasteiger partial charge in [-0.3, -0.25) is 9.59 Å². The van der Waals surface area contributed by atoms with Gasteiger partial charge in [0.15, 0.2) is 0 Å². The van der Waals surface area contributed by atoms with Gasteiger partial charge in [-0.15, -0.1) is 0 Å². The molecule has 0 aliphatic carbocycles. The molecule has 0 bridgehead atoms. The van der Waals surface area contributed by atoms with Crippen molar-refractivity contribution in [2.75, 3.05) is 27.2 Å². The minimum atomic E-state index is -0.749. The van der Waals surface area contributed by atoms with E-state index < -0.39 is 17.7 Å². The molecule has 1 saturated heterocycles. The molecular formula is C22H23N3O4. The number of ketones is 1. The zero-order chi connectivity index (χ0) is 20.5. The number of rotatable bonds is 6. The monoisotopic (exact) mass is 393 g/mol. The first-order chi connectivity index (χ1) is 14.0. The predicted octanol–water partition coefficient (Wildman–Crippen LogP) is 3.13. The van der Waals surface area contributed by atoms with Gasteiger partial charge >= 0.3 is 0 Å². The molecule has 1 aliphatic heterocycles. The molecule has 0 spiro atoms. The SMILES string of the molecule is CN(C)CCCN1C(=O)C(=O)/C(=C(/O)c2c[nH]c3ccccc23)[C@H]1c1ccco1. The highest BCUT2D eigenvalue weighted by molar-refractivity contribution is 6.46. The summed E-state index contributed by atoms with van der Waals surface area (Å²) in [5, 5.41) is 11.9. The largest absolute Gasteiger partial charge is 0.507 e. The van der Waals surface area contributed by atoms with Crippen molar-refractivity contribution in [1.82, 2.24) is 14.8 Å². The summed E-state index contributed by atoms with van der Waals surface area (Å²) in [4.78, 5) is 32.3. The Hall–Kier alpha value is -3.32. The van der Waals surface area contributed by atoms with E-state index in [-0.39, 0.29) is 11.3 Å². The number of hydrogen-bond acceptors (Lipinski definition) is 5. The number of aliphatic hydroxyl groups excluding tert-OH is 1. The minimum absolute atomic E-state index is 0.0551. The number of H-pyrrole nitrogens is 1. The molecule has 1 atom stereocenters. The normalized spacial score (nSPS) is 19.0. The Morgan fingerprint density at radius 2 is 2.00 bits per heavy atom. The molecule has 7 heteroatoms. The number of aromatic amines is 1. The molecule has 1 amide bonds. The Kier molecular flexibility index (Phi) is 4.98. The lowest BCUT2D eigenvalue weighted by Gasteiger charge is -2.23. The number of likely N-dealkylation sites (tertiary alicyclic amines) is 1. The average Bonchev–Trinajstić information content (AvgIpc) is 3.42. The van der Waals surface area contributed by atoms with Gasteiger partial charge in [0.1, 0.15) is 17.6 Å². The lowest BCUT2D eigenvalue weighted by Crippen LogP contribution is -2.32. The van der Waals surface area contributed by atoms with Crippen LogP contribution in [0.15, 0.2) is 58.8 Å². The maximum Gasteiger partial charge on any atom is 0.295 e. The van der Waals surface area contributed by atoms with E-state index in [9.17, 15) is 14.7 Å². The fourth-order valence-electron chi connectivity index (χ4n) is 3.82. The molecule has 150 valence electrons. The smallest absolute Gasteiger partial charge is 0.295 e. The van der Waals surface area contributed by atoms with E-state index in [0.717, 1.165) is 17.4 Å². The van der Waals surface area contributed by atoms with E-state index in [1.165, 1.54) is 11.2 Å². The Bertz CT molecular complexity index is 1080. The summed E-state index contributed by atoms with van der Waals surface area (Å²) in [6.07, 6.45) is 3.85. The number of nitrogens with zero attached hydrogens (tertiary/aromatic N) is 2. The lowest BCUT2D eigenvalue weighted by atomic mass is 9.99. The molecule has 29 heavy (non-hydrogen) atoms. The second-order valence-corrected chi connectivity index (χ2v) is 7.41. The number of furan rings is 1. The summed E-state index contributed by atoms with van der Waals surface area (Å²) >= 11 is 0. The second-order valence-electron chi connectivity index (χ2n) is 7.41. The quantitative estimate of drug-likeness (QED) is 0.382. The summed E-state index contributed by atoms with van der Waals surface area (Å²) in [6.45, 7) is 1.16. The van der Waals surface area contributed by atoms with Gasteiger partial charge in [-0.05, 0) is 45.3 Å². The van der Waals surface area contributed by atoms with Gasteiger partial charge in [-0.25, -0.2) is 0 Å². The first kappa shape index (κ1) is 19.0. The van der Waals surface area contributed by atoms with Gasteiger partial charge in [-0.2, -0.15) is 0 Å². The highest BCUT2D eigenvalue weighted by Crippen LogP contribution is 2.40. The molecule has 0 radical (unpaired) electrons. The van der Waals surface area contributed by atoms with E-state index in [1.807, 2.05) is 43.3 Å². The maximum absolute atomic E-state index is 12.9. The van der Waals surface area contributed by atoms with E-state index >= 15 is 0 Å². The number of para-hydroxylation sites is 1. The van der Waals surface area contributed by atoms with Crippen LogP contribution in [0.1, 0.15) is 23.8 Å². The Morgan fingerprint density at radius 1 is 1.21 bits per heavy atom. The van der Waals surface area contributed by atoms with Crippen LogP contribution in [0, 0.1) is 0 Å². The average molecular weight is 393 g/mol. The van der Waals surface area contributed by atoms with E-state index in [0.29, 0.717) is 24.3 Å². The molecule has 2 N–H and O–H groups in total. The molecule has 1 fully saturated rings. The van der Waals surface area contributed by atoms with Gasteiger partial charge in [0.05, 0.1) is 11.8 Å². The van der Waals surface area contributed by atoms with Gasteiger partial charge in [0.2, 0.25) is 0 Å². The van der Waals surface area contributed by atoms with Crippen LogP contribution in [0.2, 0.25) is 0 Å². The highest BCUT2D eigenvalue weighted by Gasteiger charge is 2.47. The zero-order valence-electron chi connectivity index (χ0n) is 16.4. The van der Waals surface area contributed by atoms with Crippen LogP contribution in [-0.4, -0.2) is 58.8 Å². The van der Waals surface area contributed by atoms with Crippen molar-refractivity contribution >= 4 is 28.4 Å². The van der Waals surface area contributed by atoms with Crippen molar-refractivity contribution in [2.45, 2.75) is 12.5 Å². The standard InChI is InChI=1S/C22H23N3O4/c1-24(2)10-6-11-25-19(17-9-5-12-29-17)18(21(27)22(25)28)20(26)15-13-23-16-8-4-3-7-14(15)16/h3-5,7-9,12-13,19,23,26H,6,10-11H2,1-2H3/b20-18+/t19-/m1/s1. The molecular weight excluding hydrogens is 370 g/mol. The second kappa shape index (κ2) is 7.60. The van der Waals surface area contributed by atoms with Crippen molar-refractivity contribution in [1.29, 1.82) is 0 Å². The van der Waals surface area contributed by atoms with Crippen LogP contribution in [-0.2, 0) is 9.59 Å². The number of benzene rings is 1. The first-order valence-corrected chi connectivity index (χ1v) is 9.52. The van der Waals surface area contributed by atoms with Crippen LogP contribution >= 0.6 is 0 Å². The van der Waals surface area contributed by atoms with E-state index in [1.54, 1.807) is 18.3 Å². The Labute approximate surface area is 168 Å². The van der Waals surface area contributed by atoms with Gasteiger partial charge in [0, 0.05) is 29.2 Å². The molecule has 1 aromatic carbocycles. The molecule has 3 aromatic rings. The lowest BCUT2D eigenvalue weighted by molar-refractivity contribution is -0.140. The van der Waals surface area contributed by atoms with Gasteiger partial charge in [0.25, 0.3) is 11.7 Å². The number of nitrogens with one attached hydrogen (secondary N) is 1. The number of amides is 1. The number of carbonyl (C=O) groups excluding carboxylic acids is 2. The van der Waals surface area contributed by atoms with E-state index in [4.69, 9.17) is 4.42 Å². The summed E-state index contributed by atoms with van der Waals surface area (Å²) in [6, 6.07) is 10.2. The summed E-state index contributed by atoms with van der Waals surface area (Å²) in [5.41, 5.74) is 1.38.